The second-order valence-electron chi connectivity index (χ2n) is 3.97. The molecular formula is C14H12N2OS. The molecule has 0 fully saturated rings. The molecule has 0 bridgehead atoms. The third-order valence-corrected chi connectivity index (χ3v) is 3.55. The van der Waals surface area contributed by atoms with Crippen LogP contribution >= 0.6 is 11.3 Å². The van der Waals surface area contributed by atoms with E-state index in [0.29, 0.717) is 11.7 Å². The lowest BCUT2D eigenvalue weighted by Gasteiger charge is -1.96. The number of benzene rings is 1. The third-order valence-electron chi connectivity index (χ3n) is 2.68. The van der Waals surface area contributed by atoms with Gasteiger partial charge >= 0.3 is 0 Å². The van der Waals surface area contributed by atoms with Gasteiger partial charge in [0, 0.05) is 6.42 Å². The highest BCUT2D eigenvalue weighted by atomic mass is 32.1. The summed E-state index contributed by atoms with van der Waals surface area (Å²) in [5.74, 6) is 1.38. The van der Waals surface area contributed by atoms with Gasteiger partial charge in [-0.05, 0) is 23.4 Å². The lowest BCUT2D eigenvalue weighted by Crippen LogP contribution is -1.91. The normalized spacial score (nSPS) is 10.7. The largest absolute Gasteiger partial charge is 0.339 e. The van der Waals surface area contributed by atoms with Crippen LogP contribution in [-0.4, -0.2) is 10.1 Å². The topological polar surface area (TPSA) is 38.9 Å². The Morgan fingerprint density at radius 3 is 2.67 bits per heavy atom. The predicted octanol–water partition coefficient (Wildman–Crippen LogP) is 3.58. The van der Waals surface area contributed by atoms with Crippen LogP contribution in [0.2, 0.25) is 0 Å². The van der Waals surface area contributed by atoms with Crippen molar-refractivity contribution in [3.63, 3.8) is 0 Å². The number of nitrogens with zero attached hydrogens (tertiary/aromatic N) is 2. The molecule has 0 aliphatic rings. The van der Waals surface area contributed by atoms with Gasteiger partial charge in [-0.3, -0.25) is 0 Å². The molecule has 0 saturated heterocycles. The molecule has 2 heterocycles. The van der Waals surface area contributed by atoms with Gasteiger partial charge in [-0.15, -0.1) is 11.3 Å². The maximum Gasteiger partial charge on any atom is 0.227 e. The minimum Gasteiger partial charge on any atom is -0.339 e. The Labute approximate surface area is 109 Å². The number of hydrogen-bond donors (Lipinski definition) is 0. The number of aromatic nitrogens is 2. The lowest BCUT2D eigenvalue weighted by atomic mass is 10.1. The van der Waals surface area contributed by atoms with E-state index in [0.717, 1.165) is 17.7 Å². The lowest BCUT2D eigenvalue weighted by molar-refractivity contribution is 0.379. The van der Waals surface area contributed by atoms with Gasteiger partial charge in [0.1, 0.15) is 0 Å². The molecule has 0 N–H and O–H groups in total. The fraction of sp³-hybridized carbons (Fsp3) is 0.143. The van der Waals surface area contributed by atoms with Crippen molar-refractivity contribution >= 4 is 11.3 Å². The average molecular weight is 256 g/mol. The smallest absolute Gasteiger partial charge is 0.227 e. The van der Waals surface area contributed by atoms with Crippen LogP contribution in [0.5, 0.6) is 0 Å². The summed E-state index contributed by atoms with van der Waals surface area (Å²) in [6.07, 6.45) is 1.70. The van der Waals surface area contributed by atoms with Gasteiger partial charge in [-0.25, -0.2) is 0 Å². The van der Waals surface area contributed by atoms with E-state index in [2.05, 4.69) is 22.3 Å². The summed E-state index contributed by atoms with van der Waals surface area (Å²) in [5.41, 5.74) is 1.29. The molecule has 0 aliphatic carbocycles. The quantitative estimate of drug-likeness (QED) is 0.716. The summed E-state index contributed by atoms with van der Waals surface area (Å²) in [6.45, 7) is 0. The maximum atomic E-state index is 5.26. The Morgan fingerprint density at radius 2 is 1.89 bits per heavy atom. The molecule has 90 valence electrons. The molecule has 0 saturated carbocycles. The fourth-order valence-corrected chi connectivity index (χ4v) is 2.41. The van der Waals surface area contributed by atoms with E-state index in [1.165, 1.54) is 5.56 Å². The maximum absolute atomic E-state index is 5.26. The Morgan fingerprint density at radius 1 is 1.00 bits per heavy atom. The molecule has 3 rings (SSSR count). The number of thiophene rings is 1. The van der Waals surface area contributed by atoms with Gasteiger partial charge in [-0.1, -0.05) is 41.6 Å². The van der Waals surface area contributed by atoms with Gasteiger partial charge < -0.3 is 4.52 Å². The van der Waals surface area contributed by atoms with Crippen molar-refractivity contribution in [2.45, 2.75) is 12.8 Å². The molecule has 0 unspecified atom stereocenters. The minimum absolute atomic E-state index is 0.688. The van der Waals surface area contributed by atoms with Crippen molar-refractivity contribution in [3.05, 3.63) is 59.3 Å². The average Bonchev–Trinajstić information content (AvgIpc) is 3.08. The van der Waals surface area contributed by atoms with E-state index < -0.39 is 0 Å². The zero-order valence-electron chi connectivity index (χ0n) is 9.74. The molecule has 4 heteroatoms. The summed E-state index contributed by atoms with van der Waals surface area (Å²) in [4.78, 5) is 5.45. The SMILES string of the molecule is c1ccc(CCc2nc(-c3cccs3)no2)cc1. The molecule has 0 atom stereocenters. The minimum atomic E-state index is 0.688. The Hall–Kier alpha value is -1.94. The van der Waals surface area contributed by atoms with Gasteiger partial charge in [0.25, 0.3) is 0 Å². The summed E-state index contributed by atoms with van der Waals surface area (Å²) in [6, 6.07) is 14.3. The van der Waals surface area contributed by atoms with Crippen LogP contribution in [-0.2, 0) is 12.8 Å². The number of hydrogen-bond acceptors (Lipinski definition) is 4. The standard InChI is InChI=1S/C14H12N2OS/c1-2-5-11(6-3-1)8-9-13-15-14(16-17-13)12-7-4-10-18-12/h1-7,10H,8-9H2. The van der Waals surface area contributed by atoms with E-state index in [4.69, 9.17) is 4.52 Å². The zero-order chi connectivity index (χ0) is 12.2. The molecule has 0 aliphatic heterocycles. The molecule has 1 aromatic carbocycles. The van der Waals surface area contributed by atoms with E-state index in [9.17, 15) is 0 Å². The first-order valence-electron chi connectivity index (χ1n) is 5.82. The van der Waals surface area contributed by atoms with E-state index in [1.807, 2.05) is 35.7 Å². The first-order valence-corrected chi connectivity index (χ1v) is 6.70. The molecule has 0 spiro atoms. The van der Waals surface area contributed by atoms with Crippen LogP contribution in [0.1, 0.15) is 11.5 Å². The molecular weight excluding hydrogens is 244 g/mol. The summed E-state index contributed by atoms with van der Waals surface area (Å²) < 4.78 is 5.26. The van der Waals surface area contributed by atoms with Crippen LogP contribution in [0.3, 0.4) is 0 Å². The monoisotopic (exact) mass is 256 g/mol. The van der Waals surface area contributed by atoms with Gasteiger partial charge in [0.15, 0.2) is 0 Å². The third kappa shape index (κ3) is 2.49. The molecule has 2 aromatic heterocycles. The van der Waals surface area contributed by atoms with Crippen LogP contribution in [0.25, 0.3) is 10.7 Å². The second-order valence-corrected chi connectivity index (χ2v) is 4.92. The summed E-state index contributed by atoms with van der Waals surface area (Å²) >= 11 is 1.62. The van der Waals surface area contributed by atoms with Crippen LogP contribution in [0, 0.1) is 0 Å². The predicted molar refractivity (Wildman–Crippen MR) is 71.5 cm³/mol. The van der Waals surface area contributed by atoms with Crippen molar-refractivity contribution in [1.29, 1.82) is 0 Å². The highest BCUT2D eigenvalue weighted by Gasteiger charge is 2.08. The summed E-state index contributed by atoms with van der Waals surface area (Å²) in [5, 5.41) is 6.00. The molecule has 3 aromatic rings. The Balaban J connectivity index is 1.68. The first kappa shape index (κ1) is 11.2. The van der Waals surface area contributed by atoms with Crippen molar-refractivity contribution < 1.29 is 4.52 Å². The van der Waals surface area contributed by atoms with Gasteiger partial charge in [-0.2, -0.15) is 4.98 Å². The zero-order valence-corrected chi connectivity index (χ0v) is 10.6. The Kier molecular flexibility index (Phi) is 3.19. The van der Waals surface area contributed by atoms with E-state index in [1.54, 1.807) is 11.3 Å². The number of aryl methyl sites for hydroxylation is 2. The van der Waals surface area contributed by atoms with Crippen LogP contribution in [0.15, 0.2) is 52.4 Å². The van der Waals surface area contributed by atoms with Crippen molar-refractivity contribution in [3.8, 4) is 10.7 Å². The number of rotatable bonds is 4. The van der Waals surface area contributed by atoms with E-state index in [-0.39, 0.29) is 0 Å². The highest BCUT2D eigenvalue weighted by Crippen LogP contribution is 2.21. The fourth-order valence-electron chi connectivity index (χ4n) is 1.76. The van der Waals surface area contributed by atoms with Gasteiger partial charge in [0.05, 0.1) is 4.88 Å². The van der Waals surface area contributed by atoms with E-state index >= 15 is 0 Å². The molecule has 3 nitrogen and oxygen atoms in total. The van der Waals surface area contributed by atoms with Crippen molar-refractivity contribution in [1.82, 2.24) is 10.1 Å². The summed E-state index contributed by atoms with van der Waals surface area (Å²) in [7, 11) is 0. The molecule has 18 heavy (non-hydrogen) atoms. The van der Waals surface area contributed by atoms with Crippen LogP contribution < -0.4 is 0 Å². The van der Waals surface area contributed by atoms with Crippen LogP contribution in [0.4, 0.5) is 0 Å². The van der Waals surface area contributed by atoms with Crippen molar-refractivity contribution in [2.75, 3.05) is 0 Å². The van der Waals surface area contributed by atoms with Crippen molar-refractivity contribution in [2.24, 2.45) is 0 Å². The molecule has 0 amide bonds. The Bertz CT molecular complexity index is 602. The second kappa shape index (κ2) is 5.14. The first-order chi connectivity index (χ1) is 8.92. The molecule has 0 radical (unpaired) electrons. The van der Waals surface area contributed by atoms with Gasteiger partial charge in [0.2, 0.25) is 11.7 Å². The highest BCUT2D eigenvalue weighted by molar-refractivity contribution is 7.13.